The largest absolute Gasteiger partial charge is 0.357 e. The van der Waals surface area contributed by atoms with Crippen molar-refractivity contribution in [1.29, 1.82) is 0 Å². The Bertz CT molecular complexity index is 382. The van der Waals surface area contributed by atoms with E-state index in [2.05, 4.69) is 35.7 Å². The number of hydrogen-bond acceptors (Lipinski definition) is 4. The van der Waals surface area contributed by atoms with E-state index in [-0.39, 0.29) is 5.28 Å². The molecule has 94 valence electrons. The van der Waals surface area contributed by atoms with Gasteiger partial charge in [0.25, 0.3) is 0 Å². The molecule has 0 radical (unpaired) electrons. The maximum atomic E-state index is 5.81. The normalized spacial score (nSPS) is 16.4. The van der Waals surface area contributed by atoms with Crippen LogP contribution in [-0.2, 0) is 0 Å². The smallest absolute Gasteiger partial charge is 0.224 e. The molecule has 0 saturated carbocycles. The maximum Gasteiger partial charge on any atom is 0.224 e. The van der Waals surface area contributed by atoms with Crippen LogP contribution in [0.4, 0.5) is 5.82 Å². The minimum Gasteiger partial charge on any atom is -0.357 e. The molecule has 6 heteroatoms. The molecule has 0 amide bonds. The van der Waals surface area contributed by atoms with Gasteiger partial charge in [0.1, 0.15) is 5.82 Å². The molecule has 0 atom stereocenters. The van der Waals surface area contributed by atoms with Crippen LogP contribution in [-0.4, -0.2) is 48.1 Å². The van der Waals surface area contributed by atoms with E-state index in [4.69, 9.17) is 11.6 Å². The predicted octanol–water partition coefficient (Wildman–Crippen LogP) is 2.42. The SMILES string of the molecule is CN(CCN1CCCC1)c1nc(Cl)ncc1Br. The Kier molecular flexibility index (Phi) is 4.59. The molecule has 2 heterocycles. The van der Waals surface area contributed by atoms with E-state index in [1.807, 2.05) is 7.05 Å². The molecule has 1 aliphatic rings. The molecule has 0 aromatic carbocycles. The lowest BCUT2D eigenvalue weighted by molar-refractivity contribution is 0.346. The first-order valence-corrected chi connectivity index (χ1v) is 6.95. The highest BCUT2D eigenvalue weighted by Crippen LogP contribution is 2.23. The van der Waals surface area contributed by atoms with Gasteiger partial charge in [-0.25, -0.2) is 4.98 Å². The van der Waals surface area contributed by atoms with Crippen LogP contribution in [0.15, 0.2) is 10.7 Å². The minimum absolute atomic E-state index is 0.288. The molecule has 1 aliphatic heterocycles. The summed E-state index contributed by atoms with van der Waals surface area (Å²) >= 11 is 9.25. The van der Waals surface area contributed by atoms with E-state index in [9.17, 15) is 0 Å². The quantitative estimate of drug-likeness (QED) is 0.798. The van der Waals surface area contributed by atoms with Crippen LogP contribution in [0.3, 0.4) is 0 Å². The molecule has 0 aliphatic carbocycles. The first-order valence-electron chi connectivity index (χ1n) is 5.78. The Morgan fingerprint density at radius 3 is 2.88 bits per heavy atom. The lowest BCUT2D eigenvalue weighted by atomic mass is 10.4. The third-order valence-electron chi connectivity index (χ3n) is 3.01. The van der Waals surface area contributed by atoms with Gasteiger partial charge in [-0.2, -0.15) is 4.98 Å². The lowest BCUT2D eigenvalue weighted by Crippen LogP contribution is -2.32. The van der Waals surface area contributed by atoms with Gasteiger partial charge in [-0.3, -0.25) is 0 Å². The molecule has 4 nitrogen and oxygen atoms in total. The highest BCUT2D eigenvalue weighted by atomic mass is 79.9. The monoisotopic (exact) mass is 318 g/mol. The second kappa shape index (κ2) is 5.98. The van der Waals surface area contributed by atoms with Crippen LogP contribution in [0.1, 0.15) is 12.8 Å². The first-order chi connectivity index (χ1) is 8.16. The molecule has 0 unspecified atom stereocenters. The summed E-state index contributed by atoms with van der Waals surface area (Å²) in [5.74, 6) is 0.851. The Morgan fingerprint density at radius 2 is 2.18 bits per heavy atom. The van der Waals surface area contributed by atoms with Crippen molar-refractivity contribution in [2.24, 2.45) is 0 Å². The second-order valence-corrected chi connectivity index (χ2v) is 5.47. The van der Waals surface area contributed by atoms with E-state index in [1.165, 1.54) is 25.9 Å². The Morgan fingerprint density at radius 1 is 1.47 bits per heavy atom. The number of anilines is 1. The number of hydrogen-bond donors (Lipinski definition) is 0. The summed E-state index contributed by atoms with van der Waals surface area (Å²) in [7, 11) is 2.03. The van der Waals surface area contributed by atoms with Crippen LogP contribution in [0.2, 0.25) is 5.28 Å². The summed E-state index contributed by atoms with van der Waals surface area (Å²) in [6.45, 7) is 4.47. The summed E-state index contributed by atoms with van der Waals surface area (Å²) in [6, 6.07) is 0. The molecule has 1 aromatic heterocycles. The molecule has 0 bridgehead atoms. The average Bonchev–Trinajstić information content (AvgIpc) is 2.82. The molecule has 0 spiro atoms. The van der Waals surface area contributed by atoms with Crippen LogP contribution in [0.25, 0.3) is 0 Å². The molecule has 2 rings (SSSR count). The standard InChI is InChI=1S/C11H16BrClN4/c1-16(6-7-17-4-2-3-5-17)10-9(12)8-14-11(13)15-10/h8H,2-7H2,1H3. The van der Waals surface area contributed by atoms with Crippen LogP contribution < -0.4 is 4.90 Å². The van der Waals surface area contributed by atoms with Crippen LogP contribution >= 0.6 is 27.5 Å². The van der Waals surface area contributed by atoms with E-state index in [1.54, 1.807) is 6.20 Å². The zero-order valence-corrected chi connectivity index (χ0v) is 12.2. The van der Waals surface area contributed by atoms with Crippen molar-refractivity contribution in [2.45, 2.75) is 12.8 Å². The van der Waals surface area contributed by atoms with Gasteiger partial charge in [0, 0.05) is 26.3 Å². The number of halogens is 2. The highest BCUT2D eigenvalue weighted by molar-refractivity contribution is 9.10. The van der Waals surface area contributed by atoms with Gasteiger partial charge in [-0.15, -0.1) is 0 Å². The number of nitrogens with zero attached hydrogens (tertiary/aromatic N) is 4. The lowest BCUT2D eigenvalue weighted by Gasteiger charge is -2.22. The molecule has 1 fully saturated rings. The minimum atomic E-state index is 0.288. The molecule has 17 heavy (non-hydrogen) atoms. The molecular formula is C11H16BrClN4. The summed E-state index contributed by atoms with van der Waals surface area (Å²) < 4.78 is 0.880. The van der Waals surface area contributed by atoms with E-state index >= 15 is 0 Å². The van der Waals surface area contributed by atoms with E-state index in [0.29, 0.717) is 0 Å². The van der Waals surface area contributed by atoms with Crippen molar-refractivity contribution < 1.29 is 0 Å². The highest BCUT2D eigenvalue weighted by Gasteiger charge is 2.14. The predicted molar refractivity (Wildman–Crippen MR) is 73.7 cm³/mol. The van der Waals surface area contributed by atoms with E-state index < -0.39 is 0 Å². The zero-order valence-electron chi connectivity index (χ0n) is 9.86. The zero-order chi connectivity index (χ0) is 12.3. The summed E-state index contributed by atoms with van der Waals surface area (Å²) in [5, 5.41) is 0.288. The fraction of sp³-hybridized carbons (Fsp3) is 0.636. The van der Waals surface area contributed by atoms with Crippen molar-refractivity contribution in [3.63, 3.8) is 0 Å². The van der Waals surface area contributed by atoms with Crippen LogP contribution in [0.5, 0.6) is 0 Å². The van der Waals surface area contributed by atoms with Gasteiger partial charge in [0.2, 0.25) is 5.28 Å². The summed E-state index contributed by atoms with van der Waals surface area (Å²) in [5.41, 5.74) is 0. The van der Waals surface area contributed by atoms with Crippen LogP contribution in [0, 0.1) is 0 Å². The molecule has 0 N–H and O–H groups in total. The van der Waals surface area contributed by atoms with Crippen molar-refractivity contribution in [1.82, 2.24) is 14.9 Å². The third-order valence-corrected chi connectivity index (χ3v) is 3.75. The number of aromatic nitrogens is 2. The van der Waals surface area contributed by atoms with Gasteiger partial charge in [0.05, 0.1) is 4.47 Å². The van der Waals surface area contributed by atoms with Crippen molar-refractivity contribution in [2.75, 3.05) is 38.1 Å². The fourth-order valence-corrected chi connectivity index (χ4v) is 2.63. The second-order valence-electron chi connectivity index (χ2n) is 4.28. The van der Waals surface area contributed by atoms with Gasteiger partial charge >= 0.3 is 0 Å². The van der Waals surface area contributed by atoms with Crippen molar-refractivity contribution in [3.05, 3.63) is 16.0 Å². The number of likely N-dealkylation sites (N-methyl/N-ethyl adjacent to an activating group) is 1. The van der Waals surface area contributed by atoms with Gasteiger partial charge < -0.3 is 9.80 Å². The Balaban J connectivity index is 1.93. The first kappa shape index (κ1) is 13.1. The number of rotatable bonds is 4. The Labute approximate surface area is 115 Å². The average molecular weight is 320 g/mol. The summed E-state index contributed by atoms with van der Waals surface area (Å²) in [4.78, 5) is 12.7. The Hall–Kier alpha value is -0.390. The van der Waals surface area contributed by atoms with Gasteiger partial charge in [0.15, 0.2) is 0 Å². The van der Waals surface area contributed by atoms with E-state index in [0.717, 1.165) is 23.4 Å². The van der Waals surface area contributed by atoms with Gasteiger partial charge in [-0.1, -0.05) is 0 Å². The maximum absolute atomic E-state index is 5.81. The summed E-state index contributed by atoms with van der Waals surface area (Å²) in [6.07, 6.45) is 4.34. The van der Waals surface area contributed by atoms with Crippen molar-refractivity contribution in [3.8, 4) is 0 Å². The fourth-order valence-electron chi connectivity index (χ4n) is 2.01. The third kappa shape index (κ3) is 3.53. The van der Waals surface area contributed by atoms with Gasteiger partial charge in [-0.05, 0) is 53.5 Å². The molecular weight excluding hydrogens is 304 g/mol. The topological polar surface area (TPSA) is 32.3 Å². The van der Waals surface area contributed by atoms with Crippen molar-refractivity contribution >= 4 is 33.3 Å². The number of likely N-dealkylation sites (tertiary alicyclic amines) is 1. The molecule has 1 saturated heterocycles. The molecule has 1 aromatic rings.